The molecule has 41 heavy (non-hydrogen) atoms. The lowest BCUT2D eigenvalue weighted by Gasteiger charge is -2.22. The largest absolute Gasteiger partial charge is 0.573 e. The number of carbonyl (C=O) groups excluding carboxylic acids is 1. The Morgan fingerprint density at radius 2 is 1.68 bits per heavy atom. The van der Waals surface area contributed by atoms with Gasteiger partial charge in [0.2, 0.25) is 11.9 Å². The Morgan fingerprint density at radius 1 is 1.05 bits per heavy atom. The summed E-state index contributed by atoms with van der Waals surface area (Å²) < 4.78 is 71.5. The van der Waals surface area contributed by atoms with Gasteiger partial charge in [-0.3, -0.25) is 14.5 Å². The fraction of sp³-hybridized carbons (Fsp3) is 0.346. The SMILES string of the molecule is NCCCN(CCCN)Cc1c(F)cc(-c2c[nH]c(NCC(=O)Nc3ccccc3OC(F)(F)F)nc2=O)cc1F. The van der Waals surface area contributed by atoms with Crippen LogP contribution >= 0.6 is 0 Å². The molecule has 0 saturated carbocycles. The Bertz CT molecular complexity index is 1350. The zero-order chi connectivity index (χ0) is 30.0. The van der Waals surface area contributed by atoms with Gasteiger partial charge >= 0.3 is 6.36 Å². The number of H-pyrrole nitrogens is 1. The fourth-order valence-corrected chi connectivity index (χ4v) is 3.87. The molecule has 3 aromatic rings. The number of hydrogen-bond acceptors (Lipinski definition) is 8. The van der Waals surface area contributed by atoms with E-state index in [2.05, 4.69) is 25.3 Å². The Hall–Kier alpha value is -4.08. The molecule has 15 heteroatoms. The van der Waals surface area contributed by atoms with E-state index < -0.39 is 41.8 Å². The summed E-state index contributed by atoms with van der Waals surface area (Å²) in [6.45, 7) is 1.47. The Kier molecular flexibility index (Phi) is 11.1. The van der Waals surface area contributed by atoms with Crippen LogP contribution in [0.15, 0.2) is 47.4 Å². The van der Waals surface area contributed by atoms with Crippen LogP contribution in [-0.2, 0) is 11.3 Å². The van der Waals surface area contributed by atoms with Crippen molar-refractivity contribution < 1.29 is 31.5 Å². The summed E-state index contributed by atoms with van der Waals surface area (Å²) in [4.78, 5) is 33.1. The van der Waals surface area contributed by atoms with Gasteiger partial charge in [-0.1, -0.05) is 12.1 Å². The van der Waals surface area contributed by atoms with Crippen LogP contribution in [0.2, 0.25) is 0 Å². The smallest absolute Gasteiger partial charge is 0.404 e. The van der Waals surface area contributed by atoms with E-state index in [1.165, 1.54) is 24.4 Å². The average Bonchev–Trinajstić information content (AvgIpc) is 2.91. The van der Waals surface area contributed by atoms with Crippen molar-refractivity contribution in [1.29, 1.82) is 0 Å². The highest BCUT2D eigenvalue weighted by Crippen LogP contribution is 2.30. The quantitative estimate of drug-likeness (QED) is 0.182. The topological polar surface area (TPSA) is 151 Å². The van der Waals surface area contributed by atoms with Gasteiger partial charge in [0.25, 0.3) is 5.56 Å². The molecule has 0 aliphatic carbocycles. The lowest BCUT2D eigenvalue weighted by atomic mass is 10.0. The number of benzene rings is 2. The summed E-state index contributed by atoms with van der Waals surface area (Å²) in [5.74, 6) is -3.19. The van der Waals surface area contributed by atoms with Crippen LogP contribution < -0.4 is 32.4 Å². The number of aromatic amines is 1. The number of hydrogen-bond donors (Lipinski definition) is 5. The molecule has 0 atom stereocenters. The first-order chi connectivity index (χ1) is 19.5. The van der Waals surface area contributed by atoms with Gasteiger partial charge in [-0.05, 0) is 68.8 Å². The van der Waals surface area contributed by atoms with Gasteiger partial charge in [0.1, 0.15) is 11.6 Å². The lowest BCUT2D eigenvalue weighted by Crippen LogP contribution is -2.29. The van der Waals surface area contributed by atoms with Crippen LogP contribution in [0.5, 0.6) is 5.75 Å². The summed E-state index contributed by atoms with van der Waals surface area (Å²) in [5, 5.41) is 4.79. The van der Waals surface area contributed by atoms with E-state index in [-0.39, 0.29) is 34.9 Å². The van der Waals surface area contributed by atoms with Crippen molar-refractivity contribution in [1.82, 2.24) is 14.9 Å². The van der Waals surface area contributed by atoms with E-state index in [0.29, 0.717) is 39.0 Å². The van der Waals surface area contributed by atoms with Gasteiger partial charge in [-0.15, -0.1) is 13.2 Å². The number of amides is 1. The first-order valence-electron chi connectivity index (χ1n) is 12.6. The maximum atomic E-state index is 14.9. The summed E-state index contributed by atoms with van der Waals surface area (Å²) in [7, 11) is 0. The van der Waals surface area contributed by atoms with Gasteiger partial charge in [-0.2, -0.15) is 4.98 Å². The number of alkyl halides is 3. The second-order valence-electron chi connectivity index (χ2n) is 8.89. The van der Waals surface area contributed by atoms with Gasteiger partial charge in [-0.25, -0.2) is 8.78 Å². The molecule has 10 nitrogen and oxygen atoms in total. The average molecular weight is 584 g/mol. The second kappa shape index (κ2) is 14.5. The minimum Gasteiger partial charge on any atom is -0.404 e. The Balaban J connectivity index is 1.68. The van der Waals surface area contributed by atoms with Crippen LogP contribution in [0.3, 0.4) is 0 Å². The number of nitrogens with one attached hydrogen (secondary N) is 3. The van der Waals surface area contributed by atoms with Gasteiger partial charge in [0.05, 0.1) is 17.8 Å². The number of halogens is 5. The van der Waals surface area contributed by atoms with E-state index in [1.54, 1.807) is 0 Å². The third-order valence-electron chi connectivity index (χ3n) is 5.79. The molecule has 3 rings (SSSR count). The van der Waals surface area contributed by atoms with Crippen molar-refractivity contribution in [2.45, 2.75) is 25.7 Å². The fourth-order valence-electron chi connectivity index (χ4n) is 3.87. The van der Waals surface area contributed by atoms with Gasteiger partial charge < -0.3 is 31.8 Å². The third kappa shape index (κ3) is 9.51. The van der Waals surface area contributed by atoms with Gasteiger partial charge in [0.15, 0.2) is 5.75 Å². The van der Waals surface area contributed by atoms with Crippen LogP contribution in [0, 0.1) is 11.6 Å². The summed E-state index contributed by atoms with van der Waals surface area (Å²) in [5.41, 5.74) is 9.74. The summed E-state index contributed by atoms with van der Waals surface area (Å²) >= 11 is 0. The van der Waals surface area contributed by atoms with Crippen molar-refractivity contribution >= 4 is 17.5 Å². The number of nitrogens with two attached hydrogens (primary N) is 2. The monoisotopic (exact) mass is 583 g/mol. The molecule has 0 fully saturated rings. The van der Waals surface area contributed by atoms with E-state index in [0.717, 1.165) is 18.2 Å². The zero-order valence-corrected chi connectivity index (χ0v) is 21.9. The molecule has 0 aliphatic rings. The number of para-hydroxylation sites is 2. The van der Waals surface area contributed by atoms with Crippen molar-refractivity contribution in [3.63, 3.8) is 0 Å². The summed E-state index contributed by atoms with van der Waals surface area (Å²) in [6.07, 6.45) is -2.49. The molecule has 0 unspecified atom stereocenters. The highest BCUT2D eigenvalue weighted by molar-refractivity contribution is 5.94. The van der Waals surface area contributed by atoms with Crippen molar-refractivity contribution in [2.24, 2.45) is 11.5 Å². The standard InChI is InChI=1S/C26H30F5N7O3/c27-19-11-16(12-20(28)18(19)15-38(9-3-7-32)10-4-8-33)17-13-34-25(37-24(17)40)35-14-23(39)36-21-5-1-2-6-22(21)41-26(29,30)31/h1-2,5-6,11-13H,3-4,7-10,14-15,32-33H2,(H,36,39)(H2,34,35,37,40). The number of carbonyl (C=O) groups is 1. The molecule has 2 aromatic carbocycles. The van der Waals surface area contributed by atoms with Crippen LogP contribution in [0.1, 0.15) is 18.4 Å². The van der Waals surface area contributed by atoms with E-state index in [1.807, 2.05) is 4.90 Å². The summed E-state index contributed by atoms with van der Waals surface area (Å²) in [6, 6.07) is 7.03. The predicted octanol–water partition coefficient (Wildman–Crippen LogP) is 3.16. The molecule has 0 saturated heterocycles. The first-order valence-corrected chi connectivity index (χ1v) is 12.6. The highest BCUT2D eigenvalue weighted by atomic mass is 19.4. The number of nitrogens with zero attached hydrogens (tertiary/aromatic N) is 2. The lowest BCUT2D eigenvalue weighted by molar-refractivity contribution is -0.274. The molecule has 0 spiro atoms. The zero-order valence-electron chi connectivity index (χ0n) is 21.9. The molecular formula is C26H30F5N7O3. The van der Waals surface area contributed by atoms with E-state index in [4.69, 9.17) is 11.5 Å². The molecule has 0 aliphatic heterocycles. The molecule has 1 heterocycles. The molecule has 7 N–H and O–H groups in total. The van der Waals surface area contributed by atoms with E-state index in [9.17, 15) is 31.5 Å². The van der Waals surface area contributed by atoms with E-state index >= 15 is 0 Å². The molecule has 1 amide bonds. The minimum atomic E-state index is -4.95. The van der Waals surface area contributed by atoms with Crippen LogP contribution in [-0.4, -0.2) is 59.9 Å². The third-order valence-corrected chi connectivity index (χ3v) is 5.79. The first kappa shape index (κ1) is 31.4. The number of aromatic nitrogens is 2. The number of rotatable bonds is 14. The molecule has 222 valence electrons. The van der Waals surface area contributed by atoms with Crippen molar-refractivity contribution in [3.8, 4) is 16.9 Å². The number of anilines is 2. The number of ether oxygens (including phenoxy) is 1. The highest BCUT2D eigenvalue weighted by Gasteiger charge is 2.32. The Labute approximate surface area is 231 Å². The molecule has 0 bridgehead atoms. The Morgan fingerprint density at radius 3 is 2.27 bits per heavy atom. The van der Waals surface area contributed by atoms with Crippen molar-refractivity contribution in [2.75, 3.05) is 43.4 Å². The maximum absolute atomic E-state index is 14.9. The predicted molar refractivity (Wildman–Crippen MR) is 143 cm³/mol. The molecular weight excluding hydrogens is 553 g/mol. The minimum absolute atomic E-state index is 0.00425. The van der Waals surface area contributed by atoms with Crippen molar-refractivity contribution in [3.05, 3.63) is 70.1 Å². The second-order valence-corrected chi connectivity index (χ2v) is 8.89. The van der Waals surface area contributed by atoms with Crippen LogP contribution in [0.25, 0.3) is 11.1 Å². The maximum Gasteiger partial charge on any atom is 0.573 e. The van der Waals surface area contributed by atoms with Gasteiger partial charge in [0, 0.05) is 18.3 Å². The molecule has 0 radical (unpaired) electrons. The van der Waals surface area contributed by atoms with Crippen LogP contribution in [0.4, 0.5) is 33.6 Å². The molecule has 1 aromatic heterocycles. The normalized spacial score (nSPS) is 11.5.